The molecule has 1 spiro atoms. The summed E-state index contributed by atoms with van der Waals surface area (Å²) in [6, 6.07) is 4.55. The van der Waals surface area contributed by atoms with Crippen LogP contribution >= 0.6 is 11.3 Å². The average Bonchev–Trinajstić information content (AvgIpc) is 2.67. The Kier molecular flexibility index (Phi) is 2.60. The highest BCUT2D eigenvalue weighted by Gasteiger charge is 2.57. The molecule has 0 atom stereocenters. The second-order valence-electron chi connectivity index (χ2n) is 5.75. The Morgan fingerprint density at radius 2 is 2.19 bits per heavy atom. The Hall–Kier alpha value is -0.340. The van der Waals surface area contributed by atoms with Crippen molar-refractivity contribution in [2.75, 3.05) is 13.1 Å². The van der Waals surface area contributed by atoms with Gasteiger partial charge in [-0.3, -0.25) is 0 Å². The summed E-state index contributed by atoms with van der Waals surface area (Å²) in [6.45, 7) is 4.49. The highest BCUT2D eigenvalue weighted by molar-refractivity contribution is 7.10. The number of thiophene rings is 1. The number of hydrogen-bond acceptors (Lipinski definition) is 2. The molecule has 0 bridgehead atoms. The van der Waals surface area contributed by atoms with Crippen LogP contribution in [-0.2, 0) is 5.41 Å². The largest absolute Gasteiger partial charge is 0.316 e. The predicted octanol–water partition coefficient (Wildman–Crippen LogP) is 3.56. The quantitative estimate of drug-likeness (QED) is 0.841. The van der Waals surface area contributed by atoms with Gasteiger partial charge in [0.05, 0.1) is 0 Å². The zero-order chi connectivity index (χ0) is 11.1. The van der Waals surface area contributed by atoms with Gasteiger partial charge < -0.3 is 5.32 Å². The molecule has 1 N–H and O–H groups in total. The zero-order valence-electron chi connectivity index (χ0n) is 10.1. The average molecular weight is 235 g/mol. The van der Waals surface area contributed by atoms with E-state index in [1.807, 2.05) is 11.3 Å². The van der Waals surface area contributed by atoms with Gasteiger partial charge in [0.2, 0.25) is 0 Å². The topological polar surface area (TPSA) is 12.0 Å². The summed E-state index contributed by atoms with van der Waals surface area (Å²) in [7, 11) is 0. The van der Waals surface area contributed by atoms with Crippen LogP contribution in [0, 0.1) is 5.41 Å². The lowest BCUT2D eigenvalue weighted by atomic mass is 9.45. The van der Waals surface area contributed by atoms with Gasteiger partial charge in [0.1, 0.15) is 0 Å². The van der Waals surface area contributed by atoms with E-state index in [-0.39, 0.29) is 0 Å². The van der Waals surface area contributed by atoms with Gasteiger partial charge in [-0.15, -0.1) is 11.3 Å². The van der Waals surface area contributed by atoms with Crippen molar-refractivity contribution in [3.63, 3.8) is 0 Å². The molecule has 1 nitrogen and oxygen atoms in total. The van der Waals surface area contributed by atoms with E-state index >= 15 is 0 Å². The maximum Gasteiger partial charge on any atom is 0.0182 e. The van der Waals surface area contributed by atoms with Gasteiger partial charge in [-0.2, -0.15) is 0 Å². The van der Waals surface area contributed by atoms with Gasteiger partial charge >= 0.3 is 0 Å². The molecule has 0 amide bonds. The molecule has 2 heteroatoms. The molecule has 3 rings (SSSR count). The number of rotatable bonds is 4. The zero-order valence-corrected chi connectivity index (χ0v) is 10.9. The Morgan fingerprint density at radius 3 is 2.69 bits per heavy atom. The van der Waals surface area contributed by atoms with E-state index in [1.165, 1.54) is 38.6 Å². The number of nitrogens with one attached hydrogen (secondary N) is 1. The molecule has 2 fully saturated rings. The summed E-state index contributed by atoms with van der Waals surface area (Å²) in [5, 5.41) is 5.80. The fourth-order valence-electron chi connectivity index (χ4n) is 3.75. The summed E-state index contributed by atoms with van der Waals surface area (Å²) in [5.41, 5.74) is 1.25. The standard InChI is InChI=1S/C14H21NS/c1-2-15-11-14(12-5-3-8-16-12)9-13(10-14)6-4-7-13/h3,5,8,15H,2,4,6-7,9-11H2,1H3. The predicted molar refractivity (Wildman–Crippen MR) is 70.1 cm³/mol. The van der Waals surface area contributed by atoms with E-state index in [9.17, 15) is 0 Å². The SMILES string of the molecule is CCNCC1(c2cccs2)CC2(CCC2)C1. The molecular weight excluding hydrogens is 214 g/mol. The van der Waals surface area contributed by atoms with Crippen LogP contribution in [0.25, 0.3) is 0 Å². The van der Waals surface area contributed by atoms with E-state index < -0.39 is 0 Å². The van der Waals surface area contributed by atoms with Crippen molar-refractivity contribution in [1.82, 2.24) is 5.32 Å². The van der Waals surface area contributed by atoms with Crippen LogP contribution in [0.2, 0.25) is 0 Å². The lowest BCUT2D eigenvalue weighted by Gasteiger charge is -2.61. The molecule has 0 radical (unpaired) electrons. The van der Waals surface area contributed by atoms with Crippen LogP contribution in [0.15, 0.2) is 17.5 Å². The Morgan fingerprint density at radius 1 is 1.38 bits per heavy atom. The molecule has 1 aromatic heterocycles. The van der Waals surface area contributed by atoms with Crippen molar-refractivity contribution in [3.05, 3.63) is 22.4 Å². The molecular formula is C14H21NS. The molecule has 2 aliphatic rings. The summed E-state index contributed by atoms with van der Waals surface area (Å²) in [6.07, 6.45) is 7.33. The molecule has 1 aromatic rings. The van der Waals surface area contributed by atoms with E-state index in [4.69, 9.17) is 0 Å². The highest BCUT2D eigenvalue weighted by Crippen LogP contribution is 2.65. The first-order valence-corrected chi connectivity index (χ1v) is 7.41. The molecule has 0 saturated heterocycles. The second kappa shape index (κ2) is 3.85. The number of hydrogen-bond donors (Lipinski definition) is 1. The normalized spacial score (nSPS) is 25.1. The van der Waals surface area contributed by atoms with Gasteiger partial charge in [0.15, 0.2) is 0 Å². The maximum atomic E-state index is 3.57. The minimum Gasteiger partial charge on any atom is -0.316 e. The molecule has 0 aromatic carbocycles. The highest BCUT2D eigenvalue weighted by atomic mass is 32.1. The summed E-state index contributed by atoms with van der Waals surface area (Å²) in [4.78, 5) is 1.62. The lowest BCUT2D eigenvalue weighted by molar-refractivity contribution is -0.0464. The Balaban J connectivity index is 1.75. The van der Waals surface area contributed by atoms with E-state index in [2.05, 4.69) is 29.8 Å². The van der Waals surface area contributed by atoms with Gasteiger partial charge in [0, 0.05) is 16.8 Å². The van der Waals surface area contributed by atoms with Crippen molar-refractivity contribution in [3.8, 4) is 0 Å². The van der Waals surface area contributed by atoms with Gasteiger partial charge in [-0.1, -0.05) is 19.4 Å². The van der Waals surface area contributed by atoms with Crippen LogP contribution in [0.5, 0.6) is 0 Å². The summed E-state index contributed by atoms with van der Waals surface area (Å²) >= 11 is 1.95. The smallest absolute Gasteiger partial charge is 0.0182 e. The molecule has 16 heavy (non-hydrogen) atoms. The number of likely N-dealkylation sites (N-methyl/N-ethyl adjacent to an activating group) is 1. The summed E-state index contributed by atoms with van der Waals surface area (Å²) in [5.74, 6) is 0. The monoisotopic (exact) mass is 235 g/mol. The first-order chi connectivity index (χ1) is 7.79. The molecule has 2 saturated carbocycles. The Labute approximate surface area is 102 Å². The van der Waals surface area contributed by atoms with Crippen LogP contribution < -0.4 is 5.32 Å². The van der Waals surface area contributed by atoms with Crippen LogP contribution in [-0.4, -0.2) is 13.1 Å². The lowest BCUT2D eigenvalue weighted by Crippen LogP contribution is -2.57. The van der Waals surface area contributed by atoms with Crippen LogP contribution in [0.3, 0.4) is 0 Å². The molecule has 1 heterocycles. The molecule has 88 valence electrons. The molecule has 0 unspecified atom stereocenters. The fraction of sp³-hybridized carbons (Fsp3) is 0.714. The van der Waals surface area contributed by atoms with Gasteiger partial charge in [-0.25, -0.2) is 0 Å². The third-order valence-electron chi connectivity index (χ3n) is 4.60. The fourth-order valence-corrected chi connectivity index (χ4v) is 4.67. The molecule has 0 aliphatic heterocycles. The van der Waals surface area contributed by atoms with Crippen molar-refractivity contribution in [1.29, 1.82) is 0 Å². The third kappa shape index (κ3) is 1.54. The van der Waals surface area contributed by atoms with Crippen LogP contribution in [0.1, 0.15) is 43.9 Å². The maximum absolute atomic E-state index is 3.57. The van der Waals surface area contributed by atoms with E-state index in [0.29, 0.717) is 5.41 Å². The third-order valence-corrected chi connectivity index (χ3v) is 5.71. The first kappa shape index (κ1) is 10.8. The van der Waals surface area contributed by atoms with Crippen molar-refractivity contribution in [2.45, 2.75) is 44.4 Å². The van der Waals surface area contributed by atoms with Crippen LogP contribution in [0.4, 0.5) is 0 Å². The minimum atomic E-state index is 0.491. The van der Waals surface area contributed by atoms with E-state index in [1.54, 1.807) is 4.88 Å². The minimum absolute atomic E-state index is 0.491. The van der Waals surface area contributed by atoms with Crippen molar-refractivity contribution < 1.29 is 0 Å². The van der Waals surface area contributed by atoms with Crippen molar-refractivity contribution >= 4 is 11.3 Å². The first-order valence-electron chi connectivity index (χ1n) is 6.53. The second-order valence-corrected chi connectivity index (χ2v) is 6.69. The van der Waals surface area contributed by atoms with Crippen molar-refractivity contribution in [2.24, 2.45) is 5.41 Å². The van der Waals surface area contributed by atoms with Gasteiger partial charge in [-0.05, 0) is 49.1 Å². The molecule has 2 aliphatic carbocycles. The van der Waals surface area contributed by atoms with Gasteiger partial charge in [0.25, 0.3) is 0 Å². The van der Waals surface area contributed by atoms with E-state index in [0.717, 1.165) is 12.0 Å². The Bertz CT molecular complexity index is 343. The summed E-state index contributed by atoms with van der Waals surface area (Å²) < 4.78 is 0.